The van der Waals surface area contributed by atoms with E-state index in [9.17, 15) is 14.4 Å². The van der Waals surface area contributed by atoms with Crippen LogP contribution in [0.5, 0.6) is 0 Å². The van der Waals surface area contributed by atoms with E-state index in [2.05, 4.69) is 17.5 Å². The molecule has 2 saturated carbocycles. The molecule has 3 fully saturated rings. The normalized spacial score (nSPS) is 35.3. The maximum atomic E-state index is 12.9. The third kappa shape index (κ3) is 2.55. The lowest BCUT2D eigenvalue weighted by Crippen LogP contribution is -2.40. The fourth-order valence-electron chi connectivity index (χ4n) is 5.39. The van der Waals surface area contributed by atoms with Crippen LogP contribution in [-0.4, -0.2) is 29.2 Å². The van der Waals surface area contributed by atoms with Crippen LogP contribution in [0.3, 0.4) is 0 Å². The van der Waals surface area contributed by atoms with E-state index < -0.39 is 0 Å². The Morgan fingerprint density at radius 2 is 1.78 bits per heavy atom. The number of carbonyl (C=O) groups is 3. The van der Waals surface area contributed by atoms with Gasteiger partial charge >= 0.3 is 0 Å². The SMILES string of the molecule is Cc1ccc(Cl)cc1NC(=O)CCN1C(=O)C2C3C=CC(C4CC34)C2C1=O. The lowest BCUT2D eigenvalue weighted by molar-refractivity contribution is -0.140. The zero-order chi connectivity index (χ0) is 18.9. The first-order valence-electron chi connectivity index (χ1n) is 9.55. The molecule has 6 rings (SSSR count). The molecule has 1 saturated heterocycles. The zero-order valence-corrected chi connectivity index (χ0v) is 15.8. The number of aryl methyl sites for hydroxylation is 1. The van der Waals surface area contributed by atoms with Crippen molar-refractivity contribution in [1.29, 1.82) is 0 Å². The van der Waals surface area contributed by atoms with Gasteiger partial charge < -0.3 is 5.32 Å². The van der Waals surface area contributed by atoms with E-state index >= 15 is 0 Å². The molecule has 0 spiro atoms. The van der Waals surface area contributed by atoms with E-state index in [4.69, 9.17) is 11.6 Å². The van der Waals surface area contributed by atoms with E-state index in [1.54, 1.807) is 12.1 Å². The number of allylic oxidation sites excluding steroid dienone is 2. The molecule has 0 aromatic heterocycles. The summed E-state index contributed by atoms with van der Waals surface area (Å²) in [6.45, 7) is 2.03. The molecule has 1 aromatic carbocycles. The van der Waals surface area contributed by atoms with Crippen molar-refractivity contribution in [1.82, 2.24) is 4.90 Å². The van der Waals surface area contributed by atoms with Crippen molar-refractivity contribution < 1.29 is 14.4 Å². The van der Waals surface area contributed by atoms with Crippen molar-refractivity contribution in [2.45, 2.75) is 19.8 Å². The average molecular weight is 385 g/mol. The van der Waals surface area contributed by atoms with Gasteiger partial charge in [0.2, 0.25) is 17.7 Å². The smallest absolute Gasteiger partial charge is 0.233 e. The first-order valence-corrected chi connectivity index (χ1v) is 9.93. The van der Waals surface area contributed by atoms with E-state index in [-0.39, 0.29) is 54.4 Å². The van der Waals surface area contributed by atoms with Crippen LogP contribution in [0, 0.1) is 42.4 Å². The molecule has 5 nitrogen and oxygen atoms in total. The van der Waals surface area contributed by atoms with Crippen molar-refractivity contribution in [2.75, 3.05) is 11.9 Å². The van der Waals surface area contributed by atoms with Crippen LogP contribution in [0.4, 0.5) is 5.69 Å². The number of anilines is 1. The maximum absolute atomic E-state index is 12.9. The number of nitrogens with zero attached hydrogens (tertiary/aromatic N) is 1. The Morgan fingerprint density at radius 3 is 2.41 bits per heavy atom. The summed E-state index contributed by atoms with van der Waals surface area (Å²) in [5.41, 5.74) is 1.57. The van der Waals surface area contributed by atoms with Crippen molar-refractivity contribution in [3.63, 3.8) is 0 Å². The minimum Gasteiger partial charge on any atom is -0.326 e. The standard InChI is InChI=1S/C21H21ClN2O3/c1-10-2-3-11(22)8-16(10)23-17(25)6-7-24-20(26)18-12-4-5-13(15-9-14(12)15)19(18)21(24)27/h2-5,8,12-15,18-19H,6-7,9H2,1H3,(H,23,25). The van der Waals surface area contributed by atoms with Crippen LogP contribution in [0.2, 0.25) is 5.02 Å². The molecule has 5 aliphatic rings. The first kappa shape index (κ1) is 17.0. The van der Waals surface area contributed by atoms with Gasteiger partial charge in [0.15, 0.2) is 0 Å². The molecule has 2 bridgehead atoms. The van der Waals surface area contributed by atoms with Gasteiger partial charge in [-0.2, -0.15) is 0 Å². The van der Waals surface area contributed by atoms with Crippen LogP contribution in [-0.2, 0) is 14.4 Å². The Balaban J connectivity index is 1.26. The highest BCUT2D eigenvalue weighted by Gasteiger charge is 2.66. The summed E-state index contributed by atoms with van der Waals surface area (Å²) in [5.74, 6) is 0.828. The van der Waals surface area contributed by atoms with Gasteiger partial charge in [-0.1, -0.05) is 29.8 Å². The summed E-state index contributed by atoms with van der Waals surface area (Å²) in [6, 6.07) is 5.30. The minimum atomic E-state index is -0.222. The summed E-state index contributed by atoms with van der Waals surface area (Å²) in [6.07, 6.45) is 5.56. The quantitative estimate of drug-likeness (QED) is 0.641. The molecule has 6 heteroatoms. The van der Waals surface area contributed by atoms with Crippen molar-refractivity contribution in [3.05, 3.63) is 40.9 Å². The molecule has 27 heavy (non-hydrogen) atoms. The third-order valence-electron chi connectivity index (χ3n) is 6.79. The number of nitrogens with one attached hydrogen (secondary N) is 1. The van der Waals surface area contributed by atoms with Crippen molar-refractivity contribution >= 4 is 35.0 Å². The molecule has 1 heterocycles. The van der Waals surface area contributed by atoms with Gasteiger partial charge in [0.05, 0.1) is 11.8 Å². The van der Waals surface area contributed by atoms with Gasteiger partial charge in [-0.15, -0.1) is 0 Å². The van der Waals surface area contributed by atoms with Crippen LogP contribution < -0.4 is 5.32 Å². The number of carbonyl (C=O) groups excluding carboxylic acids is 3. The molecule has 1 N–H and O–H groups in total. The molecule has 140 valence electrons. The summed E-state index contributed by atoms with van der Waals surface area (Å²) in [7, 11) is 0. The van der Waals surface area contributed by atoms with E-state index in [1.165, 1.54) is 4.90 Å². The van der Waals surface area contributed by atoms with Gasteiger partial charge in [0.25, 0.3) is 0 Å². The number of hydrogen-bond donors (Lipinski definition) is 1. The summed E-state index contributed by atoms with van der Waals surface area (Å²) in [5, 5.41) is 3.37. The molecule has 1 aromatic rings. The summed E-state index contributed by atoms with van der Waals surface area (Å²) >= 11 is 5.98. The number of halogens is 1. The molecule has 6 unspecified atom stereocenters. The predicted octanol–water partition coefficient (Wildman–Crippen LogP) is 3.03. The Hall–Kier alpha value is -2.14. The van der Waals surface area contributed by atoms with Crippen molar-refractivity contribution in [3.8, 4) is 0 Å². The molecule has 6 atom stereocenters. The van der Waals surface area contributed by atoms with E-state index in [0.717, 1.165) is 12.0 Å². The highest BCUT2D eigenvalue weighted by Crippen LogP contribution is 2.65. The number of rotatable bonds is 4. The predicted molar refractivity (Wildman–Crippen MR) is 101 cm³/mol. The van der Waals surface area contributed by atoms with E-state index in [1.807, 2.05) is 13.0 Å². The van der Waals surface area contributed by atoms with Gasteiger partial charge in [0.1, 0.15) is 0 Å². The summed E-state index contributed by atoms with van der Waals surface area (Å²) < 4.78 is 0. The highest BCUT2D eigenvalue weighted by molar-refractivity contribution is 6.31. The lowest BCUT2D eigenvalue weighted by atomic mass is 9.63. The topological polar surface area (TPSA) is 66.5 Å². The maximum Gasteiger partial charge on any atom is 0.233 e. The summed E-state index contributed by atoms with van der Waals surface area (Å²) in [4.78, 5) is 39.5. The zero-order valence-electron chi connectivity index (χ0n) is 15.0. The Labute approximate surface area is 162 Å². The molecule has 0 radical (unpaired) electrons. The largest absolute Gasteiger partial charge is 0.326 e. The molecular formula is C21H21ClN2O3. The number of likely N-dealkylation sites (tertiary alicyclic amines) is 1. The molecule has 4 aliphatic carbocycles. The fraction of sp³-hybridized carbons (Fsp3) is 0.476. The van der Waals surface area contributed by atoms with Crippen LogP contribution >= 0.6 is 11.6 Å². The second kappa shape index (κ2) is 5.93. The van der Waals surface area contributed by atoms with E-state index in [0.29, 0.717) is 22.5 Å². The molecule has 1 aliphatic heterocycles. The second-order valence-electron chi connectivity index (χ2n) is 8.24. The Bertz CT molecular complexity index is 859. The third-order valence-corrected chi connectivity index (χ3v) is 7.03. The second-order valence-corrected chi connectivity index (χ2v) is 8.68. The highest BCUT2D eigenvalue weighted by atomic mass is 35.5. The minimum absolute atomic E-state index is 0.0820. The van der Waals surface area contributed by atoms with Crippen LogP contribution in [0.1, 0.15) is 18.4 Å². The monoisotopic (exact) mass is 384 g/mol. The number of imide groups is 1. The fourth-order valence-corrected chi connectivity index (χ4v) is 5.57. The number of benzene rings is 1. The van der Waals surface area contributed by atoms with Gasteiger partial charge in [0, 0.05) is 23.7 Å². The average Bonchev–Trinajstić information content (AvgIpc) is 3.42. The Morgan fingerprint density at radius 1 is 1.15 bits per heavy atom. The van der Waals surface area contributed by atoms with Gasteiger partial charge in [-0.05, 0) is 54.7 Å². The first-order chi connectivity index (χ1) is 13.0. The number of hydrogen-bond acceptors (Lipinski definition) is 3. The van der Waals surface area contributed by atoms with Crippen molar-refractivity contribution in [2.24, 2.45) is 35.5 Å². The number of amides is 3. The Kier molecular flexibility index (Phi) is 3.73. The molecular weight excluding hydrogens is 364 g/mol. The van der Waals surface area contributed by atoms with Gasteiger partial charge in [-0.25, -0.2) is 0 Å². The van der Waals surface area contributed by atoms with Gasteiger partial charge in [-0.3, -0.25) is 19.3 Å². The lowest BCUT2D eigenvalue weighted by Gasteiger charge is -2.37. The molecule has 3 amide bonds. The van der Waals surface area contributed by atoms with Crippen LogP contribution in [0.25, 0.3) is 0 Å². The van der Waals surface area contributed by atoms with Crippen LogP contribution in [0.15, 0.2) is 30.4 Å².